The van der Waals surface area contributed by atoms with Crippen LogP contribution in [0.2, 0.25) is 0 Å². The molecule has 0 spiro atoms. The third-order valence-electron chi connectivity index (χ3n) is 3.70. The molecule has 0 aliphatic carbocycles. The van der Waals surface area contributed by atoms with Gasteiger partial charge in [0, 0.05) is 20.3 Å². The van der Waals surface area contributed by atoms with Crippen molar-refractivity contribution in [1.29, 1.82) is 0 Å². The van der Waals surface area contributed by atoms with Crippen molar-refractivity contribution < 1.29 is 14.3 Å². The van der Waals surface area contributed by atoms with E-state index in [0.717, 1.165) is 0 Å². The van der Waals surface area contributed by atoms with Crippen LogP contribution in [0.15, 0.2) is 17.1 Å². The van der Waals surface area contributed by atoms with E-state index in [2.05, 4.69) is 10.3 Å². The van der Waals surface area contributed by atoms with E-state index in [4.69, 9.17) is 9.47 Å². The number of hydrogen-bond donors (Lipinski definition) is 0. The maximum Gasteiger partial charge on any atom is 0.343 e. The molecule has 1 aromatic carbocycles. The van der Waals surface area contributed by atoms with Crippen LogP contribution in [-0.4, -0.2) is 39.2 Å². The number of aromatic nitrogens is 4. The zero-order chi connectivity index (χ0) is 16.7. The van der Waals surface area contributed by atoms with Crippen molar-refractivity contribution in [2.24, 2.45) is 14.1 Å². The molecule has 3 aromatic rings. The number of methoxy groups -OCH3 is 1. The van der Waals surface area contributed by atoms with Crippen LogP contribution in [0.3, 0.4) is 0 Å². The molecule has 0 aliphatic rings. The minimum Gasteiger partial charge on any atom is -0.494 e. The lowest BCUT2D eigenvalue weighted by Gasteiger charge is -2.11. The van der Waals surface area contributed by atoms with E-state index in [9.17, 15) is 9.59 Å². The van der Waals surface area contributed by atoms with Gasteiger partial charge in [0.25, 0.3) is 0 Å². The van der Waals surface area contributed by atoms with Gasteiger partial charge < -0.3 is 14.0 Å². The number of fused-ring (bicyclic) bond motifs is 3. The highest BCUT2D eigenvalue weighted by molar-refractivity contribution is 6.06. The van der Waals surface area contributed by atoms with E-state index in [1.54, 1.807) is 36.3 Å². The number of hydrogen-bond acceptors (Lipinski definition) is 6. The van der Waals surface area contributed by atoms with Crippen molar-refractivity contribution in [3.63, 3.8) is 0 Å². The predicted octanol–water partition coefficient (Wildman–Crippen LogP) is 1.01. The van der Waals surface area contributed by atoms with Gasteiger partial charge in [-0.05, 0) is 13.0 Å². The summed E-state index contributed by atoms with van der Waals surface area (Å²) in [7, 11) is 4.99. The van der Waals surface area contributed by atoms with E-state index in [0.29, 0.717) is 27.7 Å². The number of rotatable bonds is 3. The SMILES string of the molecule is CCOC(=O)c1cn(C)c2c(cc(OC)c3c2nnn3C)c1=O. The molecule has 0 atom stereocenters. The van der Waals surface area contributed by atoms with Gasteiger partial charge in [-0.15, -0.1) is 5.10 Å². The topological polar surface area (TPSA) is 88.2 Å². The zero-order valence-electron chi connectivity index (χ0n) is 13.3. The average molecular weight is 316 g/mol. The predicted molar refractivity (Wildman–Crippen MR) is 83.8 cm³/mol. The Bertz CT molecular complexity index is 987. The summed E-state index contributed by atoms with van der Waals surface area (Å²) in [5.74, 6) is -0.175. The standard InChI is InChI=1S/C15H16N4O4/c1-5-23-15(21)9-7-18(2)12-8(14(9)20)6-10(22-4)13-11(12)16-17-19(13)3/h6-7H,5H2,1-4H3. The largest absolute Gasteiger partial charge is 0.494 e. The van der Waals surface area contributed by atoms with E-state index < -0.39 is 11.4 Å². The summed E-state index contributed by atoms with van der Waals surface area (Å²) < 4.78 is 13.6. The van der Waals surface area contributed by atoms with Gasteiger partial charge in [-0.25, -0.2) is 9.48 Å². The molecular weight excluding hydrogens is 300 g/mol. The van der Waals surface area contributed by atoms with Crippen molar-refractivity contribution in [3.05, 3.63) is 28.0 Å². The maximum atomic E-state index is 12.7. The Morgan fingerprint density at radius 2 is 2.04 bits per heavy atom. The first-order valence-electron chi connectivity index (χ1n) is 7.06. The summed E-state index contributed by atoms with van der Waals surface area (Å²) in [6, 6.07) is 1.60. The smallest absolute Gasteiger partial charge is 0.343 e. The van der Waals surface area contributed by atoms with Crippen LogP contribution < -0.4 is 10.2 Å². The third kappa shape index (κ3) is 2.14. The third-order valence-corrected chi connectivity index (χ3v) is 3.70. The fraction of sp³-hybridized carbons (Fsp3) is 0.333. The molecule has 0 aliphatic heterocycles. The number of nitrogens with zero attached hydrogens (tertiary/aromatic N) is 4. The minimum absolute atomic E-state index is 0.0212. The molecule has 0 amide bonds. The summed E-state index contributed by atoms with van der Waals surface area (Å²) in [4.78, 5) is 24.7. The first-order valence-corrected chi connectivity index (χ1v) is 7.06. The van der Waals surface area contributed by atoms with Crippen LogP contribution >= 0.6 is 0 Å². The molecule has 2 heterocycles. The van der Waals surface area contributed by atoms with E-state index in [-0.39, 0.29) is 12.2 Å². The van der Waals surface area contributed by atoms with Gasteiger partial charge in [0.2, 0.25) is 5.43 Å². The Morgan fingerprint density at radius 1 is 1.30 bits per heavy atom. The molecule has 23 heavy (non-hydrogen) atoms. The molecule has 0 saturated heterocycles. The van der Waals surface area contributed by atoms with Crippen molar-refractivity contribution in [3.8, 4) is 5.75 Å². The molecule has 3 rings (SSSR count). The van der Waals surface area contributed by atoms with Gasteiger partial charge in [0.15, 0.2) is 0 Å². The second-order valence-corrected chi connectivity index (χ2v) is 5.09. The highest BCUT2D eigenvalue weighted by atomic mass is 16.5. The molecule has 0 bridgehead atoms. The normalized spacial score (nSPS) is 11.1. The second-order valence-electron chi connectivity index (χ2n) is 5.09. The minimum atomic E-state index is -0.645. The van der Waals surface area contributed by atoms with Crippen molar-refractivity contribution in [2.45, 2.75) is 6.92 Å². The molecular formula is C15H16N4O4. The Labute approximate surface area is 131 Å². The monoisotopic (exact) mass is 316 g/mol. The molecule has 0 unspecified atom stereocenters. The van der Waals surface area contributed by atoms with E-state index >= 15 is 0 Å². The van der Waals surface area contributed by atoms with Gasteiger partial charge >= 0.3 is 5.97 Å². The summed E-state index contributed by atoms with van der Waals surface area (Å²) in [6.07, 6.45) is 1.46. The van der Waals surface area contributed by atoms with E-state index in [1.807, 2.05) is 0 Å². The number of carbonyl (C=O) groups excluding carboxylic acids is 1. The number of pyridine rings is 1. The highest BCUT2D eigenvalue weighted by Crippen LogP contribution is 2.30. The lowest BCUT2D eigenvalue weighted by atomic mass is 10.1. The number of ether oxygens (including phenoxy) is 2. The fourth-order valence-electron chi connectivity index (χ4n) is 2.69. The maximum absolute atomic E-state index is 12.7. The van der Waals surface area contributed by atoms with Crippen LogP contribution in [0.1, 0.15) is 17.3 Å². The van der Waals surface area contributed by atoms with E-state index in [1.165, 1.54) is 13.3 Å². The number of aryl methyl sites for hydroxylation is 2. The first-order chi connectivity index (χ1) is 11.0. The van der Waals surface area contributed by atoms with Crippen LogP contribution in [0.25, 0.3) is 21.9 Å². The lowest BCUT2D eigenvalue weighted by molar-refractivity contribution is 0.0524. The Morgan fingerprint density at radius 3 is 2.70 bits per heavy atom. The lowest BCUT2D eigenvalue weighted by Crippen LogP contribution is -2.20. The van der Waals surface area contributed by atoms with Crippen molar-refractivity contribution in [1.82, 2.24) is 19.6 Å². The first kappa shape index (κ1) is 15.0. The van der Waals surface area contributed by atoms with Crippen LogP contribution in [0.4, 0.5) is 0 Å². The summed E-state index contributed by atoms with van der Waals surface area (Å²) in [5, 5.41) is 8.45. The average Bonchev–Trinajstić information content (AvgIpc) is 2.92. The number of benzene rings is 1. The Hall–Kier alpha value is -2.90. The molecule has 0 radical (unpaired) electrons. The van der Waals surface area contributed by atoms with Gasteiger partial charge in [-0.3, -0.25) is 4.79 Å². The molecule has 120 valence electrons. The molecule has 8 nitrogen and oxygen atoms in total. The summed E-state index contributed by atoms with van der Waals surface area (Å²) in [6.45, 7) is 1.89. The zero-order valence-corrected chi connectivity index (χ0v) is 13.3. The quantitative estimate of drug-likeness (QED) is 0.670. The number of carbonyl (C=O) groups is 1. The Balaban J connectivity index is 2.46. The van der Waals surface area contributed by atoms with Gasteiger partial charge in [0.1, 0.15) is 22.3 Å². The van der Waals surface area contributed by atoms with Crippen LogP contribution in [-0.2, 0) is 18.8 Å². The Kier molecular flexibility index (Phi) is 3.51. The summed E-state index contributed by atoms with van der Waals surface area (Å²) in [5.41, 5.74) is 1.37. The second kappa shape index (κ2) is 5.38. The molecule has 0 fully saturated rings. The molecule has 8 heteroatoms. The molecule has 0 N–H and O–H groups in total. The highest BCUT2D eigenvalue weighted by Gasteiger charge is 2.21. The van der Waals surface area contributed by atoms with Gasteiger partial charge in [-0.2, -0.15) is 0 Å². The van der Waals surface area contributed by atoms with Gasteiger partial charge in [0.05, 0.1) is 24.6 Å². The summed E-state index contributed by atoms with van der Waals surface area (Å²) >= 11 is 0. The van der Waals surface area contributed by atoms with Crippen LogP contribution in [0, 0.1) is 0 Å². The van der Waals surface area contributed by atoms with Crippen molar-refractivity contribution in [2.75, 3.05) is 13.7 Å². The molecule has 0 saturated carbocycles. The van der Waals surface area contributed by atoms with Crippen molar-refractivity contribution >= 4 is 27.9 Å². The van der Waals surface area contributed by atoms with Crippen LogP contribution in [0.5, 0.6) is 5.75 Å². The van der Waals surface area contributed by atoms with Gasteiger partial charge in [-0.1, -0.05) is 5.21 Å². The molecule has 2 aromatic heterocycles. The fourth-order valence-corrected chi connectivity index (χ4v) is 2.69. The number of esters is 1.